The van der Waals surface area contributed by atoms with Gasteiger partial charge in [0.05, 0.1) is 23.4 Å². The zero-order valence-corrected chi connectivity index (χ0v) is 11.6. The van der Waals surface area contributed by atoms with E-state index in [1.165, 1.54) is 23.1 Å². The number of rotatable bonds is 2. The van der Waals surface area contributed by atoms with Gasteiger partial charge in [-0.15, -0.1) is 0 Å². The van der Waals surface area contributed by atoms with Crippen LogP contribution >= 0.6 is 11.6 Å². The molecule has 1 aliphatic rings. The third-order valence-electron chi connectivity index (χ3n) is 3.19. The number of carboxylic acids is 1. The fourth-order valence-corrected chi connectivity index (χ4v) is 2.29. The van der Waals surface area contributed by atoms with Gasteiger partial charge in [0, 0.05) is 11.6 Å². The van der Waals surface area contributed by atoms with E-state index in [2.05, 4.69) is 5.32 Å². The van der Waals surface area contributed by atoms with Crippen molar-refractivity contribution in [1.29, 1.82) is 0 Å². The summed E-state index contributed by atoms with van der Waals surface area (Å²) in [6, 6.07) is 3.79. The number of urea groups is 1. The van der Waals surface area contributed by atoms with Gasteiger partial charge >= 0.3 is 12.0 Å². The van der Waals surface area contributed by atoms with E-state index in [4.69, 9.17) is 16.7 Å². The molecule has 1 aliphatic heterocycles. The Balaban J connectivity index is 2.14. The number of carbonyl (C=O) groups is 2. The van der Waals surface area contributed by atoms with E-state index in [1.807, 2.05) is 0 Å². The summed E-state index contributed by atoms with van der Waals surface area (Å²) in [6.07, 6.45) is 0.493. The predicted molar refractivity (Wildman–Crippen MR) is 74.2 cm³/mol. The highest BCUT2D eigenvalue weighted by Crippen LogP contribution is 2.24. The molecule has 2 amide bonds. The highest BCUT2D eigenvalue weighted by molar-refractivity contribution is 6.31. The van der Waals surface area contributed by atoms with Crippen LogP contribution in [0, 0.1) is 0 Å². The Morgan fingerprint density at radius 1 is 1.45 bits per heavy atom. The lowest BCUT2D eigenvalue weighted by Gasteiger charge is -2.20. The van der Waals surface area contributed by atoms with E-state index in [0.717, 1.165) is 0 Å². The Hall–Kier alpha value is -1.79. The molecule has 1 atom stereocenters. The molecular formula is C13H15ClN2O4. The van der Waals surface area contributed by atoms with Crippen LogP contribution in [0.1, 0.15) is 23.7 Å². The van der Waals surface area contributed by atoms with Gasteiger partial charge in [0.2, 0.25) is 0 Å². The lowest BCUT2D eigenvalue weighted by atomic mass is 10.1. The van der Waals surface area contributed by atoms with Gasteiger partial charge in [0.15, 0.2) is 0 Å². The molecule has 20 heavy (non-hydrogen) atoms. The maximum Gasteiger partial charge on any atom is 0.337 e. The normalized spacial score (nSPS) is 21.9. The van der Waals surface area contributed by atoms with E-state index in [-0.39, 0.29) is 22.8 Å². The van der Waals surface area contributed by atoms with Gasteiger partial charge in [-0.1, -0.05) is 11.6 Å². The number of aliphatic hydroxyl groups is 1. The number of carboxylic acid groups (broad SMARTS) is 1. The van der Waals surface area contributed by atoms with Crippen LogP contribution in [0.5, 0.6) is 0 Å². The number of hydrogen-bond donors (Lipinski definition) is 3. The number of halogens is 1. The van der Waals surface area contributed by atoms with Crippen LogP contribution in [-0.2, 0) is 0 Å². The zero-order valence-electron chi connectivity index (χ0n) is 10.9. The fourth-order valence-electron chi connectivity index (χ4n) is 2.12. The number of amides is 2. The van der Waals surface area contributed by atoms with Crippen molar-refractivity contribution in [3.63, 3.8) is 0 Å². The molecule has 0 saturated carbocycles. The molecular weight excluding hydrogens is 284 g/mol. The van der Waals surface area contributed by atoms with Crippen molar-refractivity contribution in [1.82, 2.24) is 4.90 Å². The average Bonchev–Trinajstić information content (AvgIpc) is 2.71. The number of carbonyl (C=O) groups excluding carboxylic acids is 1. The Morgan fingerprint density at radius 3 is 2.70 bits per heavy atom. The van der Waals surface area contributed by atoms with Crippen molar-refractivity contribution in [2.45, 2.75) is 18.9 Å². The number of β-amino-alcohol motifs (C(OH)–C–C–N with tert-alkyl or cyclic N) is 1. The number of anilines is 1. The predicted octanol–water partition coefficient (Wildman–Crippen LogP) is 2.03. The van der Waals surface area contributed by atoms with Crippen LogP contribution in [0.4, 0.5) is 10.5 Å². The third-order valence-corrected chi connectivity index (χ3v) is 3.43. The molecule has 108 valence electrons. The van der Waals surface area contributed by atoms with Gasteiger partial charge in [-0.05, 0) is 31.5 Å². The Morgan fingerprint density at radius 2 is 2.15 bits per heavy atom. The molecule has 1 saturated heterocycles. The molecule has 1 aromatic carbocycles. The lowest BCUT2D eigenvalue weighted by Crippen LogP contribution is -2.36. The van der Waals surface area contributed by atoms with Gasteiger partial charge in [-0.2, -0.15) is 0 Å². The molecule has 0 aromatic heterocycles. The maximum absolute atomic E-state index is 12.0. The SMILES string of the molecule is CC1(O)CCN(C(=O)Nc2ccc(Cl)cc2C(=O)O)C1. The summed E-state index contributed by atoms with van der Waals surface area (Å²) in [7, 11) is 0. The number of likely N-dealkylation sites (tertiary alicyclic amines) is 1. The molecule has 6 nitrogen and oxygen atoms in total. The Labute approximate surface area is 121 Å². The highest BCUT2D eigenvalue weighted by atomic mass is 35.5. The van der Waals surface area contributed by atoms with Crippen molar-refractivity contribution in [2.75, 3.05) is 18.4 Å². The van der Waals surface area contributed by atoms with Gasteiger partial charge < -0.3 is 20.4 Å². The fraction of sp³-hybridized carbons (Fsp3) is 0.385. The molecule has 3 N–H and O–H groups in total. The molecule has 0 spiro atoms. The molecule has 2 rings (SSSR count). The second-order valence-electron chi connectivity index (χ2n) is 5.09. The average molecular weight is 299 g/mol. The minimum absolute atomic E-state index is 0.0724. The first-order valence-electron chi connectivity index (χ1n) is 6.10. The summed E-state index contributed by atoms with van der Waals surface area (Å²) in [4.78, 5) is 24.6. The summed E-state index contributed by atoms with van der Waals surface area (Å²) in [5, 5.41) is 21.7. The molecule has 0 aliphatic carbocycles. The van der Waals surface area contributed by atoms with Crippen LogP contribution in [0.2, 0.25) is 5.02 Å². The molecule has 1 aromatic rings. The minimum Gasteiger partial charge on any atom is -0.478 e. The van der Waals surface area contributed by atoms with Crippen molar-refractivity contribution in [3.8, 4) is 0 Å². The van der Waals surface area contributed by atoms with Crippen molar-refractivity contribution in [3.05, 3.63) is 28.8 Å². The third kappa shape index (κ3) is 3.20. The second kappa shape index (κ2) is 5.30. The first kappa shape index (κ1) is 14.6. The summed E-state index contributed by atoms with van der Waals surface area (Å²) < 4.78 is 0. The smallest absolute Gasteiger partial charge is 0.337 e. The van der Waals surface area contributed by atoms with Crippen LogP contribution in [0.3, 0.4) is 0 Å². The van der Waals surface area contributed by atoms with E-state index in [1.54, 1.807) is 6.92 Å². The first-order valence-corrected chi connectivity index (χ1v) is 6.47. The monoisotopic (exact) mass is 298 g/mol. The van der Waals surface area contributed by atoms with Crippen LogP contribution < -0.4 is 5.32 Å². The zero-order chi connectivity index (χ0) is 14.9. The second-order valence-corrected chi connectivity index (χ2v) is 5.53. The molecule has 7 heteroatoms. The van der Waals surface area contributed by atoms with E-state index in [9.17, 15) is 14.7 Å². The first-order chi connectivity index (χ1) is 9.28. The Kier molecular flexibility index (Phi) is 3.87. The minimum atomic E-state index is -1.17. The van der Waals surface area contributed by atoms with Crippen molar-refractivity contribution in [2.24, 2.45) is 0 Å². The van der Waals surface area contributed by atoms with E-state index in [0.29, 0.717) is 13.0 Å². The van der Waals surface area contributed by atoms with Gasteiger partial charge in [0.1, 0.15) is 0 Å². The van der Waals surface area contributed by atoms with Crippen molar-refractivity contribution < 1.29 is 19.8 Å². The Bertz CT molecular complexity index is 559. The molecule has 1 fully saturated rings. The molecule has 0 radical (unpaired) electrons. The van der Waals surface area contributed by atoms with E-state index >= 15 is 0 Å². The largest absolute Gasteiger partial charge is 0.478 e. The number of hydrogen-bond acceptors (Lipinski definition) is 3. The van der Waals surface area contributed by atoms with Gasteiger partial charge in [-0.3, -0.25) is 0 Å². The number of benzene rings is 1. The lowest BCUT2D eigenvalue weighted by molar-refractivity contribution is 0.0695. The molecule has 0 bridgehead atoms. The summed E-state index contributed by atoms with van der Waals surface area (Å²) in [6.45, 7) is 2.30. The van der Waals surface area contributed by atoms with Gasteiger partial charge in [0.25, 0.3) is 0 Å². The standard InChI is InChI=1S/C13H15ClN2O4/c1-13(20)4-5-16(7-13)12(19)15-10-3-2-8(14)6-9(10)11(17)18/h2-3,6,20H,4-5,7H2,1H3,(H,15,19)(H,17,18). The molecule has 1 unspecified atom stereocenters. The van der Waals surface area contributed by atoms with Crippen LogP contribution in [0.15, 0.2) is 18.2 Å². The summed E-state index contributed by atoms with van der Waals surface area (Å²) >= 11 is 5.74. The number of nitrogens with zero attached hydrogens (tertiary/aromatic N) is 1. The van der Waals surface area contributed by atoms with Crippen molar-refractivity contribution >= 4 is 29.3 Å². The van der Waals surface area contributed by atoms with Crippen LogP contribution in [-0.4, -0.2) is 45.8 Å². The van der Waals surface area contributed by atoms with E-state index < -0.39 is 17.6 Å². The highest BCUT2D eigenvalue weighted by Gasteiger charge is 2.34. The summed E-state index contributed by atoms with van der Waals surface area (Å²) in [5.74, 6) is -1.17. The topological polar surface area (TPSA) is 89.9 Å². The maximum atomic E-state index is 12.0. The summed E-state index contributed by atoms with van der Waals surface area (Å²) in [5.41, 5.74) is -0.789. The number of aromatic carboxylic acids is 1. The quantitative estimate of drug-likeness (QED) is 0.779. The number of nitrogens with one attached hydrogen (secondary N) is 1. The van der Waals surface area contributed by atoms with Crippen LogP contribution in [0.25, 0.3) is 0 Å². The van der Waals surface area contributed by atoms with Gasteiger partial charge in [-0.25, -0.2) is 9.59 Å². The molecule has 1 heterocycles.